The Labute approximate surface area is 140 Å². The second kappa shape index (κ2) is 7.42. The third kappa shape index (κ3) is 4.42. The third-order valence-corrected chi connectivity index (χ3v) is 3.70. The molecule has 0 saturated heterocycles. The molecule has 2 aromatic rings. The quantitative estimate of drug-likeness (QED) is 0.826. The van der Waals surface area contributed by atoms with E-state index >= 15 is 0 Å². The summed E-state index contributed by atoms with van der Waals surface area (Å²) in [5.74, 6) is -0.182. The molecule has 2 rings (SSSR count). The van der Waals surface area contributed by atoms with E-state index in [0.29, 0.717) is 23.1 Å². The Balaban J connectivity index is 2.21. The molecule has 1 aromatic carbocycles. The summed E-state index contributed by atoms with van der Waals surface area (Å²) in [6.07, 6.45) is 0.580. The first kappa shape index (κ1) is 17.2. The molecule has 1 aromatic heterocycles. The molecule has 23 heavy (non-hydrogen) atoms. The lowest BCUT2D eigenvalue weighted by Gasteiger charge is -2.19. The van der Waals surface area contributed by atoms with Crippen LogP contribution in [-0.4, -0.2) is 29.9 Å². The van der Waals surface area contributed by atoms with Crippen molar-refractivity contribution >= 4 is 34.3 Å². The molecule has 0 spiro atoms. The first-order valence-electron chi connectivity index (χ1n) is 7.49. The Morgan fingerprint density at radius 2 is 1.96 bits per heavy atom. The van der Waals surface area contributed by atoms with Crippen LogP contribution >= 0.6 is 11.6 Å². The van der Waals surface area contributed by atoms with E-state index < -0.39 is 6.04 Å². The maximum atomic E-state index is 12.4. The Hall–Kier alpha value is -2.14. The van der Waals surface area contributed by atoms with Gasteiger partial charge in [-0.2, -0.15) is 0 Å². The number of benzene rings is 1. The number of fused-ring (bicyclic) bond motifs is 1. The fourth-order valence-electron chi connectivity index (χ4n) is 2.36. The highest BCUT2D eigenvalue weighted by atomic mass is 35.5. The lowest BCUT2D eigenvalue weighted by molar-refractivity contribution is -0.122. The summed E-state index contributed by atoms with van der Waals surface area (Å²) in [5.41, 5.74) is 1.21. The van der Waals surface area contributed by atoms with E-state index in [1.165, 1.54) is 0 Å². The van der Waals surface area contributed by atoms with Crippen molar-refractivity contribution in [2.75, 3.05) is 7.05 Å². The highest BCUT2D eigenvalue weighted by Crippen LogP contribution is 2.17. The topological polar surface area (TPSA) is 71.1 Å². The van der Waals surface area contributed by atoms with Gasteiger partial charge < -0.3 is 10.6 Å². The van der Waals surface area contributed by atoms with Crippen LogP contribution in [0.2, 0.25) is 5.15 Å². The average molecular weight is 334 g/mol. The minimum Gasteiger partial charge on any atom is -0.357 e. The van der Waals surface area contributed by atoms with Gasteiger partial charge in [-0.15, -0.1) is 0 Å². The van der Waals surface area contributed by atoms with Crippen molar-refractivity contribution < 1.29 is 9.59 Å². The van der Waals surface area contributed by atoms with E-state index in [2.05, 4.69) is 15.6 Å². The molecule has 0 aliphatic heterocycles. The molecule has 0 bridgehead atoms. The van der Waals surface area contributed by atoms with E-state index in [0.717, 1.165) is 10.9 Å². The van der Waals surface area contributed by atoms with Crippen LogP contribution in [0.15, 0.2) is 30.3 Å². The maximum Gasteiger partial charge on any atom is 0.251 e. The van der Waals surface area contributed by atoms with Gasteiger partial charge in [-0.1, -0.05) is 25.4 Å². The predicted octanol–water partition coefficient (Wildman–Crippen LogP) is 2.78. The molecule has 6 heteroatoms. The summed E-state index contributed by atoms with van der Waals surface area (Å²) in [6, 6.07) is 8.10. The minimum atomic E-state index is -0.550. The van der Waals surface area contributed by atoms with Crippen molar-refractivity contribution in [2.24, 2.45) is 5.92 Å². The number of likely N-dealkylation sites (N-methyl/N-ethyl adjacent to an activating group) is 1. The predicted molar refractivity (Wildman–Crippen MR) is 91.5 cm³/mol. The van der Waals surface area contributed by atoms with Crippen molar-refractivity contribution in [3.8, 4) is 0 Å². The van der Waals surface area contributed by atoms with Crippen LogP contribution in [0, 0.1) is 5.92 Å². The van der Waals surface area contributed by atoms with Crippen molar-refractivity contribution in [2.45, 2.75) is 26.3 Å². The van der Waals surface area contributed by atoms with Crippen molar-refractivity contribution in [3.63, 3.8) is 0 Å². The van der Waals surface area contributed by atoms with Crippen LogP contribution in [0.1, 0.15) is 30.6 Å². The normalized spacial score (nSPS) is 12.2. The van der Waals surface area contributed by atoms with Gasteiger partial charge in [-0.25, -0.2) is 4.98 Å². The van der Waals surface area contributed by atoms with Crippen LogP contribution in [0.5, 0.6) is 0 Å². The number of nitrogens with zero attached hydrogens (tertiary/aromatic N) is 1. The number of carbonyl (C=O) groups is 2. The maximum absolute atomic E-state index is 12.4. The zero-order chi connectivity index (χ0) is 17.0. The fourth-order valence-corrected chi connectivity index (χ4v) is 2.51. The number of rotatable bonds is 5. The molecule has 0 aliphatic rings. The number of hydrogen-bond acceptors (Lipinski definition) is 3. The average Bonchev–Trinajstić information content (AvgIpc) is 2.52. The standard InChI is InChI=1S/C17H20ClN3O2/c1-10(2)8-14(17(23)19-3)21-16(22)12-4-6-13-11(9-12)5-7-15(18)20-13/h4-7,9-10,14H,8H2,1-3H3,(H,19,23)(H,21,22). The molecular formula is C17H20ClN3O2. The molecular weight excluding hydrogens is 314 g/mol. The molecule has 0 aliphatic carbocycles. The monoisotopic (exact) mass is 333 g/mol. The zero-order valence-corrected chi connectivity index (χ0v) is 14.1. The van der Waals surface area contributed by atoms with E-state index in [1.54, 1.807) is 31.3 Å². The number of nitrogens with one attached hydrogen (secondary N) is 2. The Morgan fingerprint density at radius 1 is 1.22 bits per heavy atom. The van der Waals surface area contributed by atoms with Gasteiger partial charge in [-0.05, 0) is 42.7 Å². The molecule has 1 atom stereocenters. The lowest BCUT2D eigenvalue weighted by atomic mass is 10.0. The van der Waals surface area contributed by atoms with Gasteiger partial charge >= 0.3 is 0 Å². The number of hydrogen-bond donors (Lipinski definition) is 2. The van der Waals surface area contributed by atoms with Crippen LogP contribution in [0.25, 0.3) is 10.9 Å². The summed E-state index contributed by atoms with van der Waals surface area (Å²) in [4.78, 5) is 28.5. The molecule has 0 saturated carbocycles. The summed E-state index contributed by atoms with van der Waals surface area (Å²) < 4.78 is 0. The molecule has 5 nitrogen and oxygen atoms in total. The fraction of sp³-hybridized carbons (Fsp3) is 0.353. The van der Waals surface area contributed by atoms with Crippen LogP contribution < -0.4 is 10.6 Å². The van der Waals surface area contributed by atoms with Crippen molar-refractivity contribution in [3.05, 3.63) is 41.0 Å². The van der Waals surface area contributed by atoms with Gasteiger partial charge in [0, 0.05) is 18.0 Å². The van der Waals surface area contributed by atoms with Crippen LogP contribution in [0.4, 0.5) is 0 Å². The Morgan fingerprint density at radius 3 is 2.61 bits per heavy atom. The molecule has 1 heterocycles. The van der Waals surface area contributed by atoms with E-state index in [1.807, 2.05) is 19.9 Å². The van der Waals surface area contributed by atoms with Gasteiger partial charge in [0.15, 0.2) is 0 Å². The molecule has 0 radical (unpaired) electrons. The molecule has 1 unspecified atom stereocenters. The molecule has 0 fully saturated rings. The van der Waals surface area contributed by atoms with Crippen LogP contribution in [0.3, 0.4) is 0 Å². The second-order valence-electron chi connectivity index (χ2n) is 5.81. The Bertz CT molecular complexity index is 731. The van der Waals surface area contributed by atoms with Crippen LogP contribution in [-0.2, 0) is 4.79 Å². The van der Waals surface area contributed by atoms with Gasteiger partial charge in [0.1, 0.15) is 11.2 Å². The van der Waals surface area contributed by atoms with Gasteiger partial charge in [-0.3, -0.25) is 9.59 Å². The van der Waals surface area contributed by atoms with Gasteiger partial charge in [0.2, 0.25) is 5.91 Å². The summed E-state index contributed by atoms with van der Waals surface area (Å²) in [7, 11) is 1.56. The summed E-state index contributed by atoms with van der Waals surface area (Å²) in [5, 5.41) is 6.61. The molecule has 122 valence electrons. The minimum absolute atomic E-state index is 0.193. The molecule has 2 N–H and O–H groups in total. The highest BCUT2D eigenvalue weighted by molar-refractivity contribution is 6.29. The smallest absolute Gasteiger partial charge is 0.251 e. The summed E-state index contributed by atoms with van der Waals surface area (Å²) in [6.45, 7) is 4.01. The largest absolute Gasteiger partial charge is 0.357 e. The van der Waals surface area contributed by atoms with E-state index in [4.69, 9.17) is 11.6 Å². The molecule has 2 amide bonds. The SMILES string of the molecule is CNC(=O)C(CC(C)C)NC(=O)c1ccc2nc(Cl)ccc2c1. The number of halogens is 1. The lowest BCUT2D eigenvalue weighted by Crippen LogP contribution is -2.46. The first-order valence-corrected chi connectivity index (χ1v) is 7.87. The first-order chi connectivity index (χ1) is 10.9. The van der Waals surface area contributed by atoms with Crippen molar-refractivity contribution in [1.82, 2.24) is 15.6 Å². The number of pyridine rings is 1. The second-order valence-corrected chi connectivity index (χ2v) is 6.20. The highest BCUT2D eigenvalue weighted by Gasteiger charge is 2.21. The van der Waals surface area contributed by atoms with Crippen molar-refractivity contribution in [1.29, 1.82) is 0 Å². The number of aromatic nitrogens is 1. The van der Waals surface area contributed by atoms with Gasteiger partial charge in [0.25, 0.3) is 5.91 Å². The summed E-state index contributed by atoms with van der Waals surface area (Å²) >= 11 is 5.85. The van der Waals surface area contributed by atoms with Gasteiger partial charge in [0.05, 0.1) is 5.52 Å². The van der Waals surface area contributed by atoms with E-state index in [9.17, 15) is 9.59 Å². The number of amides is 2. The zero-order valence-electron chi connectivity index (χ0n) is 13.4. The Kier molecular flexibility index (Phi) is 5.55. The number of carbonyl (C=O) groups excluding carboxylic acids is 2. The van der Waals surface area contributed by atoms with E-state index in [-0.39, 0.29) is 11.8 Å². The third-order valence-electron chi connectivity index (χ3n) is 3.49.